The lowest BCUT2D eigenvalue weighted by Gasteiger charge is -2.12. The van der Waals surface area contributed by atoms with Gasteiger partial charge in [0.15, 0.2) is 0 Å². The van der Waals surface area contributed by atoms with Gasteiger partial charge >= 0.3 is 0 Å². The Morgan fingerprint density at radius 1 is 1.31 bits per heavy atom. The van der Waals surface area contributed by atoms with Gasteiger partial charge in [-0.2, -0.15) is 10.2 Å². The van der Waals surface area contributed by atoms with Crippen LogP contribution in [0.4, 0.5) is 0 Å². The third kappa shape index (κ3) is 3.51. The van der Waals surface area contributed by atoms with Crippen LogP contribution in [-0.4, -0.2) is 10.2 Å². The summed E-state index contributed by atoms with van der Waals surface area (Å²) in [6.07, 6.45) is 5.60. The molecular weight excluding hydrogens is 162 g/mol. The van der Waals surface area contributed by atoms with Gasteiger partial charge in [-0.15, -0.1) is 0 Å². The van der Waals surface area contributed by atoms with Gasteiger partial charge in [-0.25, -0.2) is 0 Å². The van der Waals surface area contributed by atoms with E-state index < -0.39 is 0 Å². The van der Waals surface area contributed by atoms with Gasteiger partial charge in [0.1, 0.15) is 0 Å². The van der Waals surface area contributed by atoms with E-state index in [1.54, 1.807) is 12.4 Å². The summed E-state index contributed by atoms with van der Waals surface area (Å²) in [6, 6.07) is 2.04. The van der Waals surface area contributed by atoms with Crippen molar-refractivity contribution in [2.24, 2.45) is 11.7 Å². The smallest absolute Gasteiger partial charge is 0.0543 e. The molecule has 1 heterocycles. The maximum atomic E-state index is 5.98. The molecule has 0 amide bonds. The molecule has 0 saturated carbocycles. The fourth-order valence-electron chi connectivity index (χ4n) is 1.20. The van der Waals surface area contributed by atoms with E-state index in [2.05, 4.69) is 24.0 Å². The highest BCUT2D eigenvalue weighted by atomic mass is 15.1. The minimum absolute atomic E-state index is 0.109. The predicted molar refractivity (Wildman–Crippen MR) is 53.0 cm³/mol. The minimum atomic E-state index is 0.109. The first kappa shape index (κ1) is 10.1. The Labute approximate surface area is 79.4 Å². The van der Waals surface area contributed by atoms with Crippen LogP contribution in [-0.2, 0) is 0 Å². The van der Waals surface area contributed by atoms with Crippen LogP contribution in [0.5, 0.6) is 0 Å². The summed E-state index contributed by atoms with van der Waals surface area (Å²) in [7, 11) is 0. The van der Waals surface area contributed by atoms with Gasteiger partial charge in [-0.1, -0.05) is 13.8 Å². The first-order chi connectivity index (χ1) is 6.20. The van der Waals surface area contributed by atoms with E-state index in [1.165, 1.54) is 0 Å². The van der Waals surface area contributed by atoms with Gasteiger partial charge in [0.05, 0.1) is 6.20 Å². The summed E-state index contributed by atoms with van der Waals surface area (Å²) in [5.41, 5.74) is 7.05. The first-order valence-electron chi connectivity index (χ1n) is 4.72. The van der Waals surface area contributed by atoms with Crippen LogP contribution in [0.3, 0.4) is 0 Å². The zero-order valence-electron chi connectivity index (χ0n) is 8.27. The lowest BCUT2D eigenvalue weighted by Crippen LogP contribution is -2.11. The molecule has 0 saturated heterocycles. The van der Waals surface area contributed by atoms with Gasteiger partial charge in [0.2, 0.25) is 0 Å². The van der Waals surface area contributed by atoms with Crippen molar-refractivity contribution in [3.63, 3.8) is 0 Å². The van der Waals surface area contributed by atoms with Gasteiger partial charge < -0.3 is 5.73 Å². The quantitative estimate of drug-likeness (QED) is 0.768. The molecule has 0 aliphatic carbocycles. The normalized spacial score (nSPS) is 13.2. The second-order valence-electron chi connectivity index (χ2n) is 3.75. The van der Waals surface area contributed by atoms with Crippen molar-refractivity contribution in [1.82, 2.24) is 10.2 Å². The van der Waals surface area contributed by atoms with E-state index >= 15 is 0 Å². The van der Waals surface area contributed by atoms with Crippen LogP contribution >= 0.6 is 0 Å². The first-order valence-corrected chi connectivity index (χ1v) is 4.72. The molecule has 1 unspecified atom stereocenters. The number of aromatic nitrogens is 2. The molecule has 2 N–H and O–H groups in total. The molecule has 0 fully saturated rings. The van der Waals surface area contributed by atoms with E-state index in [4.69, 9.17) is 5.73 Å². The Morgan fingerprint density at radius 3 is 2.62 bits per heavy atom. The molecular formula is C10H17N3. The topological polar surface area (TPSA) is 51.8 Å². The average Bonchev–Trinajstić information content (AvgIpc) is 2.15. The highest BCUT2D eigenvalue weighted by Crippen LogP contribution is 2.16. The molecule has 0 spiro atoms. The Kier molecular flexibility index (Phi) is 3.83. The Morgan fingerprint density at radius 2 is 2.08 bits per heavy atom. The SMILES string of the molecule is CC(C)CCC(N)c1ccnnc1. The second-order valence-corrected chi connectivity index (χ2v) is 3.75. The molecule has 0 radical (unpaired) electrons. The molecule has 0 aliphatic rings. The van der Waals surface area contributed by atoms with Crippen LogP contribution in [0.1, 0.15) is 38.3 Å². The summed E-state index contributed by atoms with van der Waals surface area (Å²) < 4.78 is 0. The predicted octanol–water partition coefficient (Wildman–Crippen LogP) is 1.91. The fourth-order valence-corrected chi connectivity index (χ4v) is 1.20. The van der Waals surface area contributed by atoms with Crippen molar-refractivity contribution in [1.29, 1.82) is 0 Å². The molecule has 0 bridgehead atoms. The fraction of sp³-hybridized carbons (Fsp3) is 0.600. The number of hydrogen-bond donors (Lipinski definition) is 1. The third-order valence-electron chi connectivity index (χ3n) is 2.09. The molecule has 1 aromatic rings. The van der Waals surface area contributed by atoms with Gasteiger partial charge in [-0.05, 0) is 30.4 Å². The van der Waals surface area contributed by atoms with Crippen LogP contribution in [0.15, 0.2) is 18.5 Å². The number of nitrogens with zero attached hydrogens (tertiary/aromatic N) is 2. The number of hydrogen-bond acceptors (Lipinski definition) is 3. The molecule has 3 heteroatoms. The monoisotopic (exact) mass is 179 g/mol. The number of nitrogens with two attached hydrogens (primary N) is 1. The lowest BCUT2D eigenvalue weighted by molar-refractivity contribution is 0.506. The van der Waals surface area contributed by atoms with Crippen molar-refractivity contribution >= 4 is 0 Å². The standard InChI is InChI=1S/C10H17N3/c1-8(2)3-4-10(11)9-5-6-12-13-7-9/h5-8,10H,3-4,11H2,1-2H3. The van der Waals surface area contributed by atoms with Crippen LogP contribution in [0, 0.1) is 5.92 Å². The van der Waals surface area contributed by atoms with Gasteiger partial charge in [0, 0.05) is 12.2 Å². The highest BCUT2D eigenvalue weighted by molar-refractivity contribution is 5.10. The molecule has 0 aliphatic heterocycles. The van der Waals surface area contributed by atoms with Crippen molar-refractivity contribution in [2.45, 2.75) is 32.7 Å². The van der Waals surface area contributed by atoms with Crippen molar-refractivity contribution < 1.29 is 0 Å². The van der Waals surface area contributed by atoms with E-state index in [-0.39, 0.29) is 6.04 Å². The zero-order valence-corrected chi connectivity index (χ0v) is 8.27. The largest absolute Gasteiger partial charge is 0.324 e. The third-order valence-corrected chi connectivity index (χ3v) is 2.09. The zero-order chi connectivity index (χ0) is 9.68. The van der Waals surface area contributed by atoms with E-state index in [0.29, 0.717) is 5.92 Å². The molecule has 1 rings (SSSR count). The van der Waals surface area contributed by atoms with E-state index in [0.717, 1.165) is 18.4 Å². The lowest BCUT2D eigenvalue weighted by atomic mass is 10.00. The summed E-state index contributed by atoms with van der Waals surface area (Å²) in [4.78, 5) is 0. The number of rotatable bonds is 4. The maximum Gasteiger partial charge on any atom is 0.0543 e. The Hall–Kier alpha value is -0.960. The Balaban J connectivity index is 2.44. The molecule has 72 valence electrons. The van der Waals surface area contributed by atoms with E-state index in [9.17, 15) is 0 Å². The summed E-state index contributed by atoms with van der Waals surface area (Å²) in [5, 5.41) is 7.52. The Bertz CT molecular complexity index is 233. The van der Waals surface area contributed by atoms with Gasteiger partial charge in [0.25, 0.3) is 0 Å². The van der Waals surface area contributed by atoms with Crippen molar-refractivity contribution in [3.05, 3.63) is 24.0 Å². The van der Waals surface area contributed by atoms with Crippen molar-refractivity contribution in [2.75, 3.05) is 0 Å². The molecule has 3 nitrogen and oxygen atoms in total. The molecule has 1 atom stereocenters. The summed E-state index contributed by atoms with van der Waals surface area (Å²) in [6.45, 7) is 4.41. The summed E-state index contributed by atoms with van der Waals surface area (Å²) >= 11 is 0. The van der Waals surface area contributed by atoms with Crippen molar-refractivity contribution in [3.8, 4) is 0 Å². The second kappa shape index (κ2) is 4.92. The van der Waals surface area contributed by atoms with Gasteiger partial charge in [-0.3, -0.25) is 0 Å². The molecule has 13 heavy (non-hydrogen) atoms. The molecule has 1 aromatic heterocycles. The summed E-state index contributed by atoms with van der Waals surface area (Å²) in [5.74, 6) is 0.709. The van der Waals surface area contributed by atoms with Crippen LogP contribution in [0.2, 0.25) is 0 Å². The maximum absolute atomic E-state index is 5.98. The van der Waals surface area contributed by atoms with E-state index in [1.807, 2.05) is 6.07 Å². The average molecular weight is 179 g/mol. The molecule has 0 aromatic carbocycles. The van der Waals surface area contributed by atoms with Crippen LogP contribution in [0.25, 0.3) is 0 Å². The highest BCUT2D eigenvalue weighted by Gasteiger charge is 2.06. The van der Waals surface area contributed by atoms with Crippen LogP contribution < -0.4 is 5.73 Å². The minimum Gasteiger partial charge on any atom is -0.324 e.